The van der Waals surface area contributed by atoms with Gasteiger partial charge in [0.2, 0.25) is 0 Å². The summed E-state index contributed by atoms with van der Waals surface area (Å²) in [6, 6.07) is 3.05. The van der Waals surface area contributed by atoms with E-state index in [2.05, 4.69) is 18.3 Å². The molecular formula is C15H25NO2S. The molecule has 4 heteroatoms. The quantitative estimate of drug-likeness (QED) is 0.706. The van der Waals surface area contributed by atoms with Gasteiger partial charge in [0.25, 0.3) is 0 Å². The van der Waals surface area contributed by atoms with Gasteiger partial charge in [-0.1, -0.05) is 0 Å². The molecule has 2 rings (SSSR count). The van der Waals surface area contributed by atoms with Crippen LogP contribution in [0.25, 0.3) is 0 Å². The molecule has 1 aromatic heterocycles. The maximum atomic E-state index is 5.66. The van der Waals surface area contributed by atoms with Gasteiger partial charge in [-0.05, 0) is 45.2 Å². The molecule has 1 aliphatic carbocycles. The minimum absolute atomic E-state index is 0.284. The van der Waals surface area contributed by atoms with Gasteiger partial charge in [0.05, 0.1) is 25.9 Å². The normalized spacial score (nSPS) is 15.4. The fourth-order valence-corrected chi connectivity index (χ4v) is 2.87. The van der Waals surface area contributed by atoms with Crippen molar-refractivity contribution in [2.75, 3.05) is 13.2 Å². The van der Waals surface area contributed by atoms with Gasteiger partial charge >= 0.3 is 0 Å². The Balaban J connectivity index is 1.67. The lowest BCUT2D eigenvalue weighted by molar-refractivity contribution is 0.0142. The van der Waals surface area contributed by atoms with E-state index in [1.54, 1.807) is 0 Å². The van der Waals surface area contributed by atoms with Crippen LogP contribution < -0.4 is 5.32 Å². The molecule has 1 N–H and O–H groups in total. The van der Waals surface area contributed by atoms with Crippen molar-refractivity contribution in [2.45, 2.75) is 58.9 Å². The van der Waals surface area contributed by atoms with E-state index >= 15 is 0 Å². The smallest absolute Gasteiger partial charge is 0.0728 e. The number of rotatable bonds is 9. The van der Waals surface area contributed by atoms with Crippen molar-refractivity contribution in [3.05, 3.63) is 21.4 Å². The zero-order chi connectivity index (χ0) is 13.7. The fraction of sp³-hybridized carbons (Fsp3) is 0.733. The first-order valence-electron chi connectivity index (χ1n) is 7.16. The molecule has 0 atom stereocenters. The fourth-order valence-electron chi connectivity index (χ4n) is 1.88. The van der Waals surface area contributed by atoms with Gasteiger partial charge in [-0.2, -0.15) is 0 Å². The molecule has 19 heavy (non-hydrogen) atoms. The maximum absolute atomic E-state index is 5.66. The van der Waals surface area contributed by atoms with E-state index < -0.39 is 0 Å². The molecule has 1 aliphatic rings. The Morgan fingerprint density at radius 1 is 1.37 bits per heavy atom. The van der Waals surface area contributed by atoms with Crippen molar-refractivity contribution in [1.29, 1.82) is 0 Å². The van der Waals surface area contributed by atoms with Crippen LogP contribution in [0.5, 0.6) is 0 Å². The van der Waals surface area contributed by atoms with Crippen LogP contribution in [0, 0.1) is 6.92 Å². The Labute approximate surface area is 120 Å². The third kappa shape index (κ3) is 5.61. The molecule has 1 heterocycles. The highest BCUT2D eigenvalue weighted by atomic mass is 32.1. The summed E-state index contributed by atoms with van der Waals surface area (Å²) in [4.78, 5) is 2.79. The van der Waals surface area contributed by atoms with Crippen LogP contribution in [-0.2, 0) is 22.6 Å². The topological polar surface area (TPSA) is 30.5 Å². The summed E-state index contributed by atoms with van der Waals surface area (Å²) in [6.07, 6.45) is 2.97. The number of aryl methyl sites for hydroxylation is 1. The third-order valence-corrected chi connectivity index (χ3v) is 4.24. The molecule has 1 aromatic rings. The Morgan fingerprint density at radius 3 is 2.84 bits per heavy atom. The lowest BCUT2D eigenvalue weighted by atomic mass is 10.2. The minimum atomic E-state index is 0.284. The molecule has 108 valence electrons. The highest BCUT2D eigenvalue weighted by molar-refractivity contribution is 7.12. The summed E-state index contributed by atoms with van der Waals surface area (Å²) in [5.41, 5.74) is 1.32. The van der Waals surface area contributed by atoms with Crippen molar-refractivity contribution in [2.24, 2.45) is 0 Å². The van der Waals surface area contributed by atoms with Gasteiger partial charge < -0.3 is 14.8 Å². The number of thiophene rings is 1. The maximum Gasteiger partial charge on any atom is 0.0728 e. The van der Waals surface area contributed by atoms with Crippen LogP contribution in [0.4, 0.5) is 0 Å². The number of hydrogen-bond acceptors (Lipinski definition) is 4. The first-order chi connectivity index (χ1) is 9.15. The van der Waals surface area contributed by atoms with Gasteiger partial charge in [0.1, 0.15) is 0 Å². The average molecular weight is 283 g/mol. The number of ether oxygens (including phenoxy) is 2. The van der Waals surface area contributed by atoms with Crippen molar-refractivity contribution < 1.29 is 9.47 Å². The summed E-state index contributed by atoms with van der Waals surface area (Å²) in [5.74, 6) is 0. The van der Waals surface area contributed by atoms with Crippen molar-refractivity contribution in [3.63, 3.8) is 0 Å². The standard InChI is InChI=1S/C15H25NO2S/c1-11(2)18-7-6-17-10-13-8-15(19-12(13)3)9-16-14-4-5-14/h8,11,14,16H,4-7,9-10H2,1-3H3. The molecule has 0 aliphatic heterocycles. The minimum Gasteiger partial charge on any atom is -0.376 e. The van der Waals surface area contributed by atoms with Gasteiger partial charge in [-0.3, -0.25) is 0 Å². The van der Waals surface area contributed by atoms with Crippen molar-refractivity contribution in [3.8, 4) is 0 Å². The Hall–Kier alpha value is -0.420. The molecular weight excluding hydrogens is 258 g/mol. The highest BCUT2D eigenvalue weighted by Crippen LogP contribution is 2.24. The number of hydrogen-bond donors (Lipinski definition) is 1. The summed E-state index contributed by atoms with van der Waals surface area (Å²) < 4.78 is 11.1. The number of nitrogens with one attached hydrogen (secondary N) is 1. The second kappa shape index (κ2) is 7.39. The second-order valence-electron chi connectivity index (χ2n) is 5.42. The van der Waals surface area contributed by atoms with Crippen LogP contribution in [0.3, 0.4) is 0 Å². The van der Waals surface area contributed by atoms with Crippen LogP contribution in [-0.4, -0.2) is 25.4 Å². The summed E-state index contributed by atoms with van der Waals surface area (Å²) in [7, 11) is 0. The van der Waals surface area contributed by atoms with E-state index in [1.807, 2.05) is 25.2 Å². The average Bonchev–Trinajstić information content (AvgIpc) is 3.11. The molecule has 0 amide bonds. The molecule has 0 saturated heterocycles. The van der Waals surface area contributed by atoms with E-state index in [0.717, 1.165) is 12.6 Å². The second-order valence-corrected chi connectivity index (χ2v) is 6.76. The van der Waals surface area contributed by atoms with Gasteiger partial charge in [-0.15, -0.1) is 11.3 Å². The predicted molar refractivity (Wildman–Crippen MR) is 79.7 cm³/mol. The molecule has 0 radical (unpaired) electrons. The first-order valence-corrected chi connectivity index (χ1v) is 7.97. The molecule has 1 fully saturated rings. The van der Waals surface area contributed by atoms with Crippen LogP contribution in [0.2, 0.25) is 0 Å². The van der Waals surface area contributed by atoms with Gasteiger partial charge in [0, 0.05) is 22.3 Å². The Kier molecular flexibility index (Phi) is 5.82. The third-order valence-electron chi connectivity index (χ3n) is 3.15. The van der Waals surface area contributed by atoms with Crippen LogP contribution >= 0.6 is 11.3 Å². The molecule has 0 spiro atoms. The largest absolute Gasteiger partial charge is 0.376 e. The van der Waals surface area contributed by atoms with Gasteiger partial charge in [0.15, 0.2) is 0 Å². The van der Waals surface area contributed by atoms with E-state index in [4.69, 9.17) is 9.47 Å². The van der Waals surface area contributed by atoms with Gasteiger partial charge in [-0.25, -0.2) is 0 Å². The lowest BCUT2D eigenvalue weighted by Crippen LogP contribution is -2.14. The predicted octanol–water partition coefficient (Wildman–Crippen LogP) is 3.25. The Bertz CT molecular complexity index is 385. The van der Waals surface area contributed by atoms with E-state index in [1.165, 1.54) is 28.2 Å². The summed E-state index contributed by atoms with van der Waals surface area (Å²) >= 11 is 1.88. The van der Waals surface area contributed by atoms with E-state index in [9.17, 15) is 0 Å². The zero-order valence-electron chi connectivity index (χ0n) is 12.2. The zero-order valence-corrected chi connectivity index (χ0v) is 13.0. The summed E-state index contributed by atoms with van der Waals surface area (Å²) in [6.45, 7) is 9.32. The van der Waals surface area contributed by atoms with E-state index in [0.29, 0.717) is 19.8 Å². The summed E-state index contributed by atoms with van der Waals surface area (Å²) in [5, 5.41) is 3.55. The van der Waals surface area contributed by atoms with Crippen LogP contribution in [0.1, 0.15) is 42.0 Å². The van der Waals surface area contributed by atoms with Crippen LogP contribution in [0.15, 0.2) is 6.07 Å². The molecule has 3 nitrogen and oxygen atoms in total. The highest BCUT2D eigenvalue weighted by Gasteiger charge is 2.20. The first kappa shape index (κ1) is 15.0. The molecule has 0 unspecified atom stereocenters. The SMILES string of the molecule is Cc1sc(CNC2CC2)cc1COCCOC(C)C. The molecule has 0 aromatic carbocycles. The van der Waals surface area contributed by atoms with Crippen molar-refractivity contribution in [1.82, 2.24) is 5.32 Å². The molecule has 0 bridgehead atoms. The van der Waals surface area contributed by atoms with E-state index in [-0.39, 0.29) is 6.10 Å². The monoisotopic (exact) mass is 283 g/mol. The molecule has 1 saturated carbocycles. The van der Waals surface area contributed by atoms with Crippen molar-refractivity contribution >= 4 is 11.3 Å². The Morgan fingerprint density at radius 2 is 2.16 bits per heavy atom. The lowest BCUT2D eigenvalue weighted by Gasteiger charge is -2.07.